The van der Waals surface area contributed by atoms with Crippen LogP contribution in [0.15, 0.2) is 54.7 Å². The van der Waals surface area contributed by atoms with E-state index in [0.29, 0.717) is 32.4 Å². The van der Waals surface area contributed by atoms with Crippen molar-refractivity contribution in [3.05, 3.63) is 70.3 Å². The average molecular weight is 505 g/mol. The molecular weight excluding hydrogens is 487 g/mol. The van der Waals surface area contributed by atoms with Crippen molar-refractivity contribution in [1.29, 1.82) is 0 Å². The second-order valence-electron chi connectivity index (χ2n) is 7.06. The van der Waals surface area contributed by atoms with Gasteiger partial charge in [0.25, 0.3) is 0 Å². The molecule has 0 atom stereocenters. The Bertz CT molecular complexity index is 1470. The maximum Gasteiger partial charge on any atom is 0.345 e. The molecule has 170 valence electrons. The molecule has 8 nitrogen and oxygen atoms in total. The second kappa shape index (κ2) is 9.01. The fourth-order valence-electron chi connectivity index (χ4n) is 3.39. The fraction of sp³-hybridized carbons (Fsp3) is 0.136. The predicted molar refractivity (Wildman–Crippen MR) is 128 cm³/mol. The lowest BCUT2D eigenvalue weighted by Gasteiger charge is -2.13. The third-order valence-electron chi connectivity index (χ3n) is 4.69. The van der Waals surface area contributed by atoms with Crippen molar-refractivity contribution in [2.24, 2.45) is 0 Å². The van der Waals surface area contributed by atoms with Gasteiger partial charge in [-0.25, -0.2) is 22.7 Å². The number of anilines is 1. The minimum Gasteiger partial charge on any atom is -0.462 e. The first-order valence-corrected chi connectivity index (χ1v) is 12.4. The summed E-state index contributed by atoms with van der Waals surface area (Å²) in [6.07, 6.45) is 2.53. The van der Waals surface area contributed by atoms with E-state index in [1.165, 1.54) is 4.52 Å². The van der Waals surface area contributed by atoms with E-state index in [1.54, 1.807) is 49.5 Å². The minimum atomic E-state index is -3.75. The smallest absolute Gasteiger partial charge is 0.345 e. The highest BCUT2D eigenvalue weighted by Crippen LogP contribution is 2.37. The van der Waals surface area contributed by atoms with Crippen molar-refractivity contribution in [3.8, 4) is 22.4 Å². The third kappa shape index (κ3) is 4.66. The summed E-state index contributed by atoms with van der Waals surface area (Å²) < 4.78 is 32.8. The zero-order valence-electron chi connectivity index (χ0n) is 17.5. The van der Waals surface area contributed by atoms with Crippen LogP contribution < -0.4 is 4.72 Å². The molecule has 0 saturated heterocycles. The quantitative estimate of drug-likeness (QED) is 0.374. The number of rotatable bonds is 6. The molecule has 4 rings (SSSR count). The molecule has 0 aliphatic rings. The van der Waals surface area contributed by atoms with Crippen LogP contribution in [-0.2, 0) is 14.8 Å². The molecule has 0 amide bonds. The van der Waals surface area contributed by atoms with Crippen LogP contribution >= 0.6 is 23.2 Å². The molecule has 0 unspecified atom stereocenters. The lowest BCUT2D eigenvalue weighted by molar-refractivity contribution is 0.0529. The van der Waals surface area contributed by atoms with E-state index in [2.05, 4.69) is 14.8 Å². The minimum absolute atomic E-state index is 0.0935. The van der Waals surface area contributed by atoms with E-state index < -0.39 is 16.0 Å². The number of nitrogens with zero attached hydrogens (tertiary/aromatic N) is 3. The number of hydrogen-bond donors (Lipinski definition) is 1. The normalized spacial score (nSPS) is 11.5. The van der Waals surface area contributed by atoms with Gasteiger partial charge in [0, 0.05) is 32.9 Å². The van der Waals surface area contributed by atoms with Gasteiger partial charge in [0.05, 0.1) is 18.6 Å². The number of benzene rings is 2. The fourth-order valence-corrected chi connectivity index (χ4v) is 4.24. The maximum absolute atomic E-state index is 12.7. The van der Waals surface area contributed by atoms with Crippen LogP contribution in [0.25, 0.3) is 28.0 Å². The second-order valence-corrected chi connectivity index (χ2v) is 9.65. The van der Waals surface area contributed by atoms with Crippen molar-refractivity contribution in [3.63, 3.8) is 0 Å². The number of fused-ring (bicyclic) bond motifs is 1. The predicted octanol–water partition coefficient (Wildman–Crippen LogP) is 4.92. The molecule has 0 fully saturated rings. The molecule has 0 radical (unpaired) electrons. The zero-order chi connectivity index (χ0) is 23.8. The van der Waals surface area contributed by atoms with Crippen LogP contribution in [0.2, 0.25) is 10.0 Å². The number of halogens is 2. The summed E-state index contributed by atoms with van der Waals surface area (Å²) in [6, 6.07) is 14.2. The van der Waals surface area contributed by atoms with Crippen LogP contribution in [0.5, 0.6) is 0 Å². The van der Waals surface area contributed by atoms with Gasteiger partial charge in [-0.2, -0.15) is 0 Å². The number of hydrogen-bond acceptors (Lipinski definition) is 6. The van der Waals surface area contributed by atoms with Crippen LogP contribution in [0, 0.1) is 0 Å². The standard InChI is InChI=1S/C22H18Cl2N4O4S/c1-3-32-22(29)18-20(27-33(2,30)31)26-28-19(13-8-10-14(23)11-9-13)16(12-25-21(18)28)15-6-4-5-7-17(15)24/h4-12H,3H2,1-2H3,(H,26,27). The third-order valence-corrected chi connectivity index (χ3v) is 5.83. The van der Waals surface area contributed by atoms with Crippen LogP contribution in [0.4, 0.5) is 5.82 Å². The summed E-state index contributed by atoms with van der Waals surface area (Å²) in [5.74, 6) is -0.936. The lowest BCUT2D eigenvalue weighted by atomic mass is 10.0. The lowest BCUT2D eigenvalue weighted by Crippen LogP contribution is -2.14. The molecule has 0 aliphatic heterocycles. The monoisotopic (exact) mass is 504 g/mol. The summed E-state index contributed by atoms with van der Waals surface area (Å²) in [4.78, 5) is 17.2. The number of sulfonamides is 1. The number of carbonyl (C=O) groups is 1. The van der Waals surface area contributed by atoms with Crippen molar-refractivity contribution in [2.75, 3.05) is 17.6 Å². The van der Waals surface area contributed by atoms with Crippen LogP contribution in [-0.4, -0.2) is 41.8 Å². The molecular formula is C22H18Cl2N4O4S. The van der Waals surface area contributed by atoms with Gasteiger partial charge in [-0.05, 0) is 25.1 Å². The van der Waals surface area contributed by atoms with Crippen molar-refractivity contribution >= 4 is 50.7 Å². The van der Waals surface area contributed by atoms with E-state index in [9.17, 15) is 13.2 Å². The van der Waals surface area contributed by atoms with Crippen molar-refractivity contribution in [1.82, 2.24) is 14.6 Å². The Hall–Kier alpha value is -3.14. The Morgan fingerprint density at radius 1 is 1.09 bits per heavy atom. The molecule has 0 spiro atoms. The Morgan fingerprint density at radius 2 is 1.79 bits per heavy atom. The van der Waals surface area contributed by atoms with Gasteiger partial charge in [0.2, 0.25) is 10.0 Å². The molecule has 4 aromatic rings. The maximum atomic E-state index is 12.7. The van der Waals surface area contributed by atoms with Gasteiger partial charge < -0.3 is 4.74 Å². The van der Waals surface area contributed by atoms with Crippen LogP contribution in [0.3, 0.4) is 0 Å². The van der Waals surface area contributed by atoms with Gasteiger partial charge >= 0.3 is 5.97 Å². The van der Waals surface area contributed by atoms with E-state index >= 15 is 0 Å². The number of ether oxygens (including phenoxy) is 1. The van der Waals surface area contributed by atoms with E-state index in [-0.39, 0.29) is 23.6 Å². The van der Waals surface area contributed by atoms with Gasteiger partial charge in [0.15, 0.2) is 11.5 Å². The Kier molecular flexibility index (Phi) is 6.29. The Labute approximate surface area is 200 Å². The number of esters is 1. The molecule has 2 aromatic heterocycles. The van der Waals surface area contributed by atoms with Crippen LogP contribution in [0.1, 0.15) is 17.3 Å². The first-order valence-electron chi connectivity index (χ1n) is 9.77. The SMILES string of the molecule is CCOC(=O)c1c(NS(C)(=O)=O)nn2c(-c3ccc(Cl)cc3)c(-c3ccccc3Cl)cnc12. The van der Waals surface area contributed by atoms with Gasteiger partial charge in [-0.3, -0.25) is 4.72 Å². The van der Waals surface area contributed by atoms with E-state index in [0.717, 1.165) is 6.26 Å². The zero-order valence-corrected chi connectivity index (χ0v) is 19.9. The summed E-state index contributed by atoms with van der Waals surface area (Å²) in [5, 5.41) is 5.43. The molecule has 0 saturated carbocycles. The Balaban J connectivity index is 2.11. The average Bonchev–Trinajstić information content (AvgIpc) is 3.10. The molecule has 1 N–H and O–H groups in total. The van der Waals surface area contributed by atoms with Gasteiger partial charge in [0.1, 0.15) is 5.56 Å². The Morgan fingerprint density at radius 3 is 2.42 bits per heavy atom. The first kappa shape index (κ1) is 23.0. The van der Waals surface area contributed by atoms with Gasteiger partial charge in [-0.15, -0.1) is 5.10 Å². The molecule has 2 heterocycles. The summed E-state index contributed by atoms with van der Waals surface area (Å²) in [6.45, 7) is 1.74. The number of aromatic nitrogens is 3. The summed E-state index contributed by atoms with van der Waals surface area (Å²) in [7, 11) is -3.75. The van der Waals surface area contributed by atoms with Crippen molar-refractivity contribution in [2.45, 2.75) is 6.92 Å². The molecule has 0 aliphatic carbocycles. The van der Waals surface area contributed by atoms with Crippen molar-refractivity contribution < 1.29 is 17.9 Å². The molecule has 0 bridgehead atoms. The molecule has 11 heteroatoms. The summed E-state index contributed by atoms with van der Waals surface area (Å²) in [5.41, 5.74) is 2.58. The summed E-state index contributed by atoms with van der Waals surface area (Å²) >= 11 is 12.5. The molecule has 33 heavy (non-hydrogen) atoms. The first-order chi connectivity index (χ1) is 15.7. The highest BCUT2D eigenvalue weighted by Gasteiger charge is 2.27. The number of carbonyl (C=O) groups excluding carboxylic acids is 1. The molecule has 2 aromatic carbocycles. The van der Waals surface area contributed by atoms with Gasteiger partial charge in [-0.1, -0.05) is 53.5 Å². The van der Waals surface area contributed by atoms with E-state index in [1.807, 2.05) is 12.1 Å². The number of nitrogens with one attached hydrogen (secondary N) is 1. The largest absolute Gasteiger partial charge is 0.462 e. The topological polar surface area (TPSA) is 103 Å². The highest BCUT2D eigenvalue weighted by molar-refractivity contribution is 7.92. The highest BCUT2D eigenvalue weighted by atomic mass is 35.5. The van der Waals surface area contributed by atoms with E-state index in [4.69, 9.17) is 27.9 Å².